The number of benzene rings is 2. The van der Waals surface area contributed by atoms with Crippen LogP contribution in [-0.2, 0) is 12.8 Å². The molecule has 1 amide bonds. The summed E-state index contributed by atoms with van der Waals surface area (Å²) < 4.78 is 6.67. The number of thiazole rings is 1. The highest BCUT2D eigenvalue weighted by Gasteiger charge is 2.23. The molecule has 1 aromatic heterocycles. The van der Waals surface area contributed by atoms with Gasteiger partial charge in [0.1, 0.15) is 5.75 Å². The largest absolute Gasteiger partial charge is 0.494 e. The van der Waals surface area contributed by atoms with E-state index in [1.807, 2.05) is 36.1 Å². The molecule has 0 spiro atoms. The van der Waals surface area contributed by atoms with Crippen LogP contribution in [0, 0.1) is 0 Å². The Kier molecular flexibility index (Phi) is 6.35. The topological polar surface area (TPSA) is 46.9 Å². The fraction of sp³-hybridized carbons (Fsp3) is 0.417. The molecule has 0 aliphatic heterocycles. The number of carbonyl (C=O) groups excluding carboxylic acids is 1. The number of hydrogen-bond donors (Lipinski definition) is 1. The van der Waals surface area contributed by atoms with E-state index in [-0.39, 0.29) is 5.91 Å². The number of rotatable bonds is 7. The SMILES string of the molecule is CCOc1ccc2nc(N(CC[NH+](C)C)C(=O)c3ccc4c(c3)CCCC4)sc2c1. The monoisotopic (exact) mass is 424 g/mol. The van der Waals surface area contributed by atoms with Gasteiger partial charge in [-0.3, -0.25) is 9.69 Å². The third kappa shape index (κ3) is 4.50. The van der Waals surface area contributed by atoms with Crippen molar-refractivity contribution in [3.8, 4) is 5.75 Å². The maximum Gasteiger partial charge on any atom is 0.260 e. The number of fused-ring (bicyclic) bond motifs is 2. The Hall–Kier alpha value is -2.44. The first-order valence-electron chi connectivity index (χ1n) is 10.8. The Balaban J connectivity index is 1.67. The van der Waals surface area contributed by atoms with Crippen LogP contribution in [0.1, 0.15) is 41.3 Å². The van der Waals surface area contributed by atoms with Crippen LogP contribution < -0.4 is 14.5 Å². The molecule has 1 aliphatic carbocycles. The van der Waals surface area contributed by atoms with Crippen molar-refractivity contribution in [3.05, 3.63) is 53.1 Å². The van der Waals surface area contributed by atoms with Gasteiger partial charge in [-0.1, -0.05) is 17.4 Å². The molecule has 3 aromatic rings. The predicted molar refractivity (Wildman–Crippen MR) is 123 cm³/mol. The van der Waals surface area contributed by atoms with Gasteiger partial charge >= 0.3 is 0 Å². The van der Waals surface area contributed by atoms with Crippen molar-refractivity contribution in [1.29, 1.82) is 0 Å². The zero-order valence-electron chi connectivity index (χ0n) is 18.0. The van der Waals surface area contributed by atoms with E-state index >= 15 is 0 Å². The zero-order valence-corrected chi connectivity index (χ0v) is 18.8. The Morgan fingerprint density at radius 1 is 1.13 bits per heavy atom. The molecule has 1 aliphatic rings. The maximum atomic E-state index is 13.5. The van der Waals surface area contributed by atoms with Crippen LogP contribution >= 0.6 is 11.3 Å². The lowest BCUT2D eigenvalue weighted by molar-refractivity contribution is -0.856. The number of anilines is 1. The molecule has 6 heteroatoms. The summed E-state index contributed by atoms with van der Waals surface area (Å²) in [6, 6.07) is 12.2. The molecule has 0 saturated heterocycles. The number of carbonyl (C=O) groups is 1. The first-order valence-corrected chi connectivity index (χ1v) is 11.6. The van der Waals surface area contributed by atoms with Gasteiger partial charge in [-0.2, -0.15) is 0 Å². The van der Waals surface area contributed by atoms with Crippen molar-refractivity contribution in [2.45, 2.75) is 32.6 Å². The zero-order chi connectivity index (χ0) is 21.1. The van der Waals surface area contributed by atoms with E-state index < -0.39 is 0 Å². The summed E-state index contributed by atoms with van der Waals surface area (Å²) in [4.78, 5) is 21.5. The van der Waals surface area contributed by atoms with E-state index in [1.54, 1.807) is 11.3 Å². The Labute approximate surface area is 182 Å². The lowest BCUT2D eigenvalue weighted by atomic mass is 9.90. The fourth-order valence-electron chi connectivity index (χ4n) is 3.91. The van der Waals surface area contributed by atoms with Crippen LogP contribution in [0.2, 0.25) is 0 Å². The van der Waals surface area contributed by atoms with Gasteiger partial charge in [0.15, 0.2) is 5.13 Å². The van der Waals surface area contributed by atoms with Gasteiger partial charge in [0, 0.05) is 5.56 Å². The second-order valence-corrected chi connectivity index (χ2v) is 9.17. The number of amides is 1. The molecule has 2 aromatic carbocycles. The number of aryl methyl sites for hydroxylation is 2. The standard InChI is InChI=1S/C24H29N3O2S/c1-4-29-20-11-12-21-22(16-20)30-24(25-21)27(14-13-26(2)3)23(28)19-10-9-17-7-5-6-8-18(17)15-19/h9-12,15-16H,4-8,13-14H2,1-3H3/p+1. The van der Waals surface area contributed by atoms with Gasteiger partial charge in [-0.15, -0.1) is 0 Å². The summed E-state index contributed by atoms with van der Waals surface area (Å²) >= 11 is 1.55. The molecule has 0 bridgehead atoms. The normalized spacial score (nSPS) is 13.5. The Bertz CT molecular complexity index is 1040. The van der Waals surface area contributed by atoms with Crippen molar-refractivity contribution < 1.29 is 14.4 Å². The number of aromatic nitrogens is 1. The lowest BCUT2D eigenvalue weighted by Gasteiger charge is -2.22. The molecule has 4 rings (SSSR count). The number of ether oxygens (including phenoxy) is 1. The highest BCUT2D eigenvalue weighted by molar-refractivity contribution is 7.22. The van der Waals surface area contributed by atoms with Gasteiger partial charge in [-0.05, 0) is 74.1 Å². The van der Waals surface area contributed by atoms with E-state index in [0.29, 0.717) is 13.2 Å². The smallest absolute Gasteiger partial charge is 0.260 e. The molecule has 0 saturated carbocycles. The molecule has 5 nitrogen and oxygen atoms in total. The van der Waals surface area contributed by atoms with Crippen LogP contribution in [0.15, 0.2) is 36.4 Å². The molecule has 0 fully saturated rings. The second-order valence-electron chi connectivity index (χ2n) is 8.16. The Morgan fingerprint density at radius 2 is 1.93 bits per heavy atom. The first-order chi connectivity index (χ1) is 14.5. The molecule has 158 valence electrons. The number of quaternary nitrogens is 1. The third-order valence-electron chi connectivity index (χ3n) is 5.57. The number of hydrogen-bond acceptors (Lipinski definition) is 4. The average molecular weight is 425 g/mol. The minimum Gasteiger partial charge on any atom is -0.494 e. The average Bonchev–Trinajstić information content (AvgIpc) is 3.16. The highest BCUT2D eigenvalue weighted by Crippen LogP contribution is 2.32. The van der Waals surface area contributed by atoms with Crippen LogP contribution in [0.5, 0.6) is 5.75 Å². The summed E-state index contributed by atoms with van der Waals surface area (Å²) in [6.07, 6.45) is 4.64. The van der Waals surface area contributed by atoms with Crippen molar-refractivity contribution in [2.24, 2.45) is 0 Å². The van der Waals surface area contributed by atoms with Gasteiger partial charge < -0.3 is 9.64 Å². The fourth-order valence-corrected chi connectivity index (χ4v) is 4.92. The van der Waals surface area contributed by atoms with Crippen LogP contribution in [0.3, 0.4) is 0 Å². The number of likely N-dealkylation sites (N-methyl/N-ethyl adjacent to an activating group) is 1. The lowest BCUT2D eigenvalue weighted by Crippen LogP contribution is -3.06. The summed E-state index contributed by atoms with van der Waals surface area (Å²) in [7, 11) is 4.21. The first kappa shape index (κ1) is 20.8. The summed E-state index contributed by atoms with van der Waals surface area (Å²) in [5.41, 5.74) is 4.39. The highest BCUT2D eigenvalue weighted by atomic mass is 32.1. The van der Waals surface area contributed by atoms with Crippen molar-refractivity contribution in [2.75, 3.05) is 38.7 Å². The maximum absolute atomic E-state index is 13.5. The van der Waals surface area contributed by atoms with E-state index in [9.17, 15) is 4.79 Å². The summed E-state index contributed by atoms with van der Waals surface area (Å²) in [5, 5.41) is 0.752. The van der Waals surface area contributed by atoms with Crippen molar-refractivity contribution in [1.82, 2.24) is 4.98 Å². The van der Waals surface area contributed by atoms with Crippen LogP contribution in [0.25, 0.3) is 10.2 Å². The third-order valence-corrected chi connectivity index (χ3v) is 6.61. The molecule has 30 heavy (non-hydrogen) atoms. The molecule has 1 heterocycles. The number of nitrogens with zero attached hydrogens (tertiary/aromatic N) is 2. The Morgan fingerprint density at radius 3 is 2.70 bits per heavy atom. The molecule has 0 unspecified atom stereocenters. The van der Waals surface area contributed by atoms with Gasteiger partial charge in [0.2, 0.25) is 0 Å². The van der Waals surface area contributed by atoms with Gasteiger partial charge in [0.05, 0.1) is 44.0 Å². The molecular formula is C24H30N3O2S+. The summed E-state index contributed by atoms with van der Waals surface area (Å²) in [6.45, 7) is 4.10. The quantitative estimate of drug-likeness (QED) is 0.633. The molecule has 1 N–H and O–H groups in total. The van der Waals surface area contributed by atoms with Gasteiger partial charge in [0.25, 0.3) is 5.91 Å². The van der Waals surface area contributed by atoms with Gasteiger partial charge in [-0.25, -0.2) is 4.98 Å². The van der Waals surface area contributed by atoms with E-state index in [4.69, 9.17) is 9.72 Å². The van der Waals surface area contributed by atoms with Crippen LogP contribution in [0.4, 0.5) is 5.13 Å². The second kappa shape index (κ2) is 9.14. The van der Waals surface area contributed by atoms with E-state index in [1.165, 1.54) is 28.9 Å². The van der Waals surface area contributed by atoms with Crippen LogP contribution in [-0.4, -0.2) is 44.7 Å². The summed E-state index contributed by atoms with van der Waals surface area (Å²) in [5.74, 6) is 0.874. The molecule has 0 radical (unpaired) electrons. The number of nitrogens with one attached hydrogen (secondary N) is 1. The van der Waals surface area contributed by atoms with E-state index in [2.05, 4.69) is 26.2 Å². The van der Waals surface area contributed by atoms with Crippen molar-refractivity contribution >= 4 is 32.6 Å². The predicted octanol–water partition coefficient (Wildman–Crippen LogP) is 3.37. The minimum absolute atomic E-state index is 0.0358. The van der Waals surface area contributed by atoms with E-state index in [0.717, 1.165) is 46.0 Å². The molecular weight excluding hydrogens is 394 g/mol. The minimum atomic E-state index is 0.0358. The van der Waals surface area contributed by atoms with Crippen molar-refractivity contribution in [3.63, 3.8) is 0 Å². The molecule has 0 atom stereocenters.